The number of hydrogen-bond donors (Lipinski definition) is 2. The molecule has 1 saturated heterocycles. The molecule has 1 aliphatic rings. The van der Waals surface area contributed by atoms with Crippen LogP contribution in [0.3, 0.4) is 0 Å². The second-order valence-corrected chi connectivity index (χ2v) is 7.84. The van der Waals surface area contributed by atoms with Gasteiger partial charge in [-0.25, -0.2) is 4.39 Å². The Morgan fingerprint density at radius 2 is 1.97 bits per heavy atom. The summed E-state index contributed by atoms with van der Waals surface area (Å²) in [5.41, 5.74) is 0.446. The molecule has 0 radical (unpaired) electrons. The lowest BCUT2D eigenvalue weighted by molar-refractivity contribution is -0.244. The van der Waals surface area contributed by atoms with Crippen molar-refractivity contribution in [1.29, 1.82) is 0 Å². The van der Waals surface area contributed by atoms with Crippen LogP contribution in [0.15, 0.2) is 70.1 Å². The molecule has 172 valence electrons. The van der Waals surface area contributed by atoms with Gasteiger partial charge in [-0.3, -0.25) is 9.59 Å². The summed E-state index contributed by atoms with van der Waals surface area (Å²) in [6.45, 7) is 0.216. The quantitative estimate of drug-likeness (QED) is 0.492. The fraction of sp³-hybridized carbons (Fsp3) is 0.280. The number of phenolic OH excluding ortho intramolecular Hbond substituents is 1. The van der Waals surface area contributed by atoms with Crippen LogP contribution in [0.4, 0.5) is 4.39 Å². The van der Waals surface area contributed by atoms with Crippen LogP contribution < -0.4 is 5.43 Å². The van der Waals surface area contributed by atoms with Crippen LogP contribution in [0.25, 0.3) is 11.0 Å². The standard InChI is InChI=1S/C25H23FO7/c26-16-10-11-21-18(12-16)23(30)19(14-31-21)25-32-13-15(6-2-1-3-9-22(28)29)24(33-25)17-7-4-5-8-20(17)27/h1-2,4-5,7-8,10-12,14-15,24-25,27H,3,6,9,13H2,(H,28,29)/t15-,24+,25+/m1/s1. The van der Waals surface area contributed by atoms with Crippen LogP contribution in [0.1, 0.15) is 42.8 Å². The first-order valence-corrected chi connectivity index (χ1v) is 10.6. The van der Waals surface area contributed by atoms with E-state index in [-0.39, 0.29) is 41.2 Å². The average molecular weight is 454 g/mol. The molecule has 8 heteroatoms. The number of allylic oxidation sites excluding steroid dienone is 2. The van der Waals surface area contributed by atoms with Crippen molar-refractivity contribution in [3.63, 3.8) is 0 Å². The summed E-state index contributed by atoms with van der Waals surface area (Å²) in [5.74, 6) is -1.57. The maximum atomic E-state index is 13.7. The van der Waals surface area contributed by atoms with Crippen LogP contribution in [0.2, 0.25) is 0 Å². The van der Waals surface area contributed by atoms with Crippen LogP contribution in [-0.4, -0.2) is 22.8 Å². The van der Waals surface area contributed by atoms with Gasteiger partial charge in [0, 0.05) is 17.9 Å². The number of carboxylic acids is 1. The van der Waals surface area contributed by atoms with E-state index < -0.39 is 29.6 Å². The summed E-state index contributed by atoms with van der Waals surface area (Å²) in [6, 6.07) is 10.5. The van der Waals surface area contributed by atoms with Gasteiger partial charge < -0.3 is 24.1 Å². The van der Waals surface area contributed by atoms with Crippen molar-refractivity contribution in [2.45, 2.75) is 31.7 Å². The largest absolute Gasteiger partial charge is 0.508 e. The lowest BCUT2D eigenvalue weighted by atomic mass is 9.91. The Kier molecular flexibility index (Phi) is 6.86. The summed E-state index contributed by atoms with van der Waals surface area (Å²) >= 11 is 0. The second-order valence-electron chi connectivity index (χ2n) is 7.84. The first kappa shape index (κ1) is 22.7. The SMILES string of the molecule is O=C(O)CCC=CC[C@@H]1CO[C@H](c2coc3ccc(F)cc3c2=O)O[C@@H]1c1ccccc1O. The van der Waals surface area contributed by atoms with Crippen molar-refractivity contribution in [2.75, 3.05) is 6.61 Å². The van der Waals surface area contributed by atoms with E-state index in [1.807, 2.05) is 6.08 Å². The highest BCUT2D eigenvalue weighted by Crippen LogP contribution is 2.42. The fourth-order valence-corrected chi connectivity index (χ4v) is 3.87. The number of aromatic hydroxyl groups is 1. The molecule has 0 amide bonds. The van der Waals surface area contributed by atoms with Gasteiger partial charge in [0.1, 0.15) is 23.4 Å². The number of hydrogen-bond acceptors (Lipinski definition) is 6. The predicted octanol–water partition coefficient (Wildman–Crippen LogP) is 4.85. The van der Waals surface area contributed by atoms with E-state index in [2.05, 4.69) is 0 Å². The summed E-state index contributed by atoms with van der Waals surface area (Å²) < 4.78 is 31.2. The lowest BCUT2D eigenvalue weighted by Crippen LogP contribution is -2.32. The zero-order valence-electron chi connectivity index (χ0n) is 17.6. The highest BCUT2D eigenvalue weighted by Gasteiger charge is 2.36. The summed E-state index contributed by atoms with van der Waals surface area (Å²) in [5, 5.41) is 19.3. The molecular formula is C25H23FO7. The molecule has 0 aliphatic carbocycles. The highest BCUT2D eigenvalue weighted by atomic mass is 19.1. The molecule has 1 aliphatic heterocycles. The molecule has 1 aromatic heterocycles. The molecule has 7 nitrogen and oxygen atoms in total. The third-order valence-corrected chi connectivity index (χ3v) is 5.55. The topological polar surface area (TPSA) is 106 Å². The predicted molar refractivity (Wildman–Crippen MR) is 117 cm³/mol. The Balaban J connectivity index is 1.61. The number of halogens is 1. The minimum Gasteiger partial charge on any atom is -0.508 e. The van der Waals surface area contributed by atoms with Crippen molar-refractivity contribution in [3.05, 3.63) is 88.0 Å². The van der Waals surface area contributed by atoms with Crippen LogP contribution in [0, 0.1) is 11.7 Å². The van der Waals surface area contributed by atoms with E-state index in [1.165, 1.54) is 18.4 Å². The van der Waals surface area contributed by atoms with Crippen molar-refractivity contribution < 1.29 is 33.3 Å². The molecule has 2 N–H and O–H groups in total. The molecule has 4 rings (SSSR count). The summed E-state index contributed by atoms with van der Waals surface area (Å²) in [7, 11) is 0. The molecule has 3 aromatic rings. The number of carbonyl (C=O) groups is 1. The van der Waals surface area contributed by atoms with E-state index in [1.54, 1.807) is 30.3 Å². The summed E-state index contributed by atoms with van der Waals surface area (Å²) in [6.07, 6.45) is 4.20. The normalized spacial score (nSPS) is 20.9. The van der Waals surface area contributed by atoms with E-state index >= 15 is 0 Å². The molecule has 0 bridgehead atoms. The Morgan fingerprint density at radius 3 is 2.76 bits per heavy atom. The van der Waals surface area contributed by atoms with Gasteiger partial charge in [0.15, 0.2) is 6.29 Å². The fourth-order valence-electron chi connectivity index (χ4n) is 3.87. The van der Waals surface area contributed by atoms with Gasteiger partial charge in [-0.1, -0.05) is 30.4 Å². The van der Waals surface area contributed by atoms with Gasteiger partial charge in [0.05, 0.1) is 23.7 Å². The monoisotopic (exact) mass is 454 g/mol. The molecule has 1 fully saturated rings. The first-order valence-electron chi connectivity index (χ1n) is 10.6. The van der Waals surface area contributed by atoms with Crippen molar-refractivity contribution in [2.24, 2.45) is 5.92 Å². The Bertz CT molecular complexity index is 1230. The van der Waals surface area contributed by atoms with Crippen molar-refractivity contribution >= 4 is 16.9 Å². The number of benzene rings is 2. The number of fused-ring (bicyclic) bond motifs is 1. The number of aliphatic carboxylic acids is 1. The van der Waals surface area contributed by atoms with Crippen LogP contribution >= 0.6 is 0 Å². The molecule has 33 heavy (non-hydrogen) atoms. The molecule has 2 heterocycles. The van der Waals surface area contributed by atoms with Gasteiger partial charge in [0.25, 0.3) is 0 Å². The zero-order valence-corrected chi connectivity index (χ0v) is 17.6. The molecule has 0 saturated carbocycles. The smallest absolute Gasteiger partial charge is 0.303 e. The van der Waals surface area contributed by atoms with Crippen molar-refractivity contribution in [1.82, 2.24) is 0 Å². The minimum absolute atomic E-state index is 0.0392. The number of para-hydroxylation sites is 1. The van der Waals surface area contributed by atoms with E-state index in [0.717, 1.165) is 6.07 Å². The Morgan fingerprint density at radius 1 is 1.15 bits per heavy atom. The van der Waals surface area contributed by atoms with E-state index in [0.29, 0.717) is 18.4 Å². The number of phenols is 1. The van der Waals surface area contributed by atoms with E-state index in [9.17, 15) is 19.1 Å². The molecule has 0 spiro atoms. The second kappa shape index (κ2) is 9.97. The highest BCUT2D eigenvalue weighted by molar-refractivity contribution is 5.76. The molecule has 0 unspecified atom stereocenters. The van der Waals surface area contributed by atoms with Gasteiger partial charge in [-0.15, -0.1) is 0 Å². The third-order valence-electron chi connectivity index (χ3n) is 5.55. The third kappa shape index (κ3) is 5.13. The lowest BCUT2D eigenvalue weighted by Gasteiger charge is -2.36. The number of ether oxygens (including phenoxy) is 2. The van der Waals surface area contributed by atoms with E-state index in [4.69, 9.17) is 19.0 Å². The molecule has 3 atom stereocenters. The van der Waals surface area contributed by atoms with Crippen LogP contribution in [0.5, 0.6) is 5.75 Å². The number of rotatable bonds is 7. The first-order chi connectivity index (χ1) is 15.9. The Labute approximate surface area is 188 Å². The zero-order chi connectivity index (χ0) is 23.4. The van der Waals surface area contributed by atoms with Gasteiger partial charge in [-0.05, 0) is 37.1 Å². The minimum atomic E-state index is -1.06. The number of carboxylic acid groups (broad SMARTS) is 1. The average Bonchev–Trinajstić information content (AvgIpc) is 2.80. The van der Waals surface area contributed by atoms with Crippen molar-refractivity contribution in [3.8, 4) is 5.75 Å². The molecule has 2 aromatic carbocycles. The maximum Gasteiger partial charge on any atom is 0.303 e. The van der Waals surface area contributed by atoms with Gasteiger partial charge >= 0.3 is 5.97 Å². The van der Waals surface area contributed by atoms with Crippen LogP contribution in [-0.2, 0) is 14.3 Å². The summed E-state index contributed by atoms with van der Waals surface area (Å²) in [4.78, 5) is 23.7. The molecular weight excluding hydrogens is 431 g/mol. The van der Waals surface area contributed by atoms with Gasteiger partial charge in [0.2, 0.25) is 5.43 Å². The Hall–Kier alpha value is -3.49. The van der Waals surface area contributed by atoms with Gasteiger partial charge in [-0.2, -0.15) is 0 Å². The maximum absolute atomic E-state index is 13.7.